The predicted molar refractivity (Wildman–Crippen MR) is 154 cm³/mol. The number of carbonyl (C=O) groups excluding carboxylic acids is 4. The third kappa shape index (κ3) is 6.63. The van der Waals surface area contributed by atoms with E-state index in [9.17, 15) is 23.6 Å². The second-order valence-electron chi connectivity index (χ2n) is 10.6. The van der Waals surface area contributed by atoms with Gasteiger partial charge in [-0.15, -0.1) is 0 Å². The Balaban J connectivity index is 1.28. The van der Waals surface area contributed by atoms with E-state index in [-0.39, 0.29) is 59.9 Å². The van der Waals surface area contributed by atoms with Gasteiger partial charge in [-0.1, -0.05) is 23.7 Å². The van der Waals surface area contributed by atoms with Crippen molar-refractivity contribution >= 4 is 51.9 Å². The Morgan fingerprint density at radius 1 is 1.14 bits per heavy atom. The molecule has 1 atom stereocenters. The van der Waals surface area contributed by atoms with Gasteiger partial charge in [0.2, 0.25) is 11.8 Å². The number of rotatable bonds is 9. The van der Waals surface area contributed by atoms with Gasteiger partial charge >= 0.3 is 6.03 Å². The van der Waals surface area contributed by atoms with E-state index in [4.69, 9.17) is 23.1 Å². The molecule has 0 radical (unpaired) electrons. The van der Waals surface area contributed by atoms with Crippen LogP contribution in [-0.2, 0) is 22.7 Å². The maximum Gasteiger partial charge on any atom is 0.321 e. The van der Waals surface area contributed by atoms with E-state index in [1.165, 1.54) is 21.7 Å². The standard InChI is InChI=1S/C28H32ClFN8O4/c29-21-5-1-3-16(25(21)30)12-33-23(39)14-37(19-7-8-19)24(40)15-38-22-9-6-18(11-20(22)26(35-38)27(32)41)34-28(42)36-10-2-4-17(31)13-36/h1,3,5-6,9,11,17,19H,2,4,7-8,10,12-15,31H2,(H2,32,41)(H,33,39)(H,34,42). The zero-order chi connectivity index (χ0) is 30.0. The van der Waals surface area contributed by atoms with Gasteiger partial charge in [0.25, 0.3) is 5.91 Å². The smallest absolute Gasteiger partial charge is 0.321 e. The van der Waals surface area contributed by atoms with Gasteiger partial charge < -0.3 is 31.9 Å². The van der Waals surface area contributed by atoms with E-state index < -0.39 is 17.6 Å². The molecule has 1 aromatic heterocycles. The number of hydrogen-bond donors (Lipinski definition) is 4. The van der Waals surface area contributed by atoms with E-state index in [0.29, 0.717) is 29.7 Å². The minimum Gasteiger partial charge on any atom is -0.364 e. The first-order chi connectivity index (χ1) is 20.1. The number of likely N-dealkylation sites (tertiary alicyclic amines) is 1. The van der Waals surface area contributed by atoms with Crippen molar-refractivity contribution in [1.82, 2.24) is 24.9 Å². The molecule has 1 saturated carbocycles. The molecule has 1 unspecified atom stereocenters. The monoisotopic (exact) mass is 598 g/mol. The van der Waals surface area contributed by atoms with Crippen LogP contribution in [0.2, 0.25) is 5.02 Å². The summed E-state index contributed by atoms with van der Waals surface area (Å²) in [7, 11) is 0. The van der Waals surface area contributed by atoms with Crippen LogP contribution in [0.5, 0.6) is 0 Å². The van der Waals surface area contributed by atoms with Crippen LogP contribution in [0.3, 0.4) is 0 Å². The largest absolute Gasteiger partial charge is 0.364 e. The van der Waals surface area contributed by atoms with Crippen molar-refractivity contribution in [2.75, 3.05) is 25.0 Å². The highest BCUT2D eigenvalue weighted by atomic mass is 35.5. The molecule has 2 heterocycles. The third-order valence-corrected chi connectivity index (χ3v) is 7.69. The number of primary amides is 1. The summed E-state index contributed by atoms with van der Waals surface area (Å²) >= 11 is 5.81. The molecule has 3 aromatic rings. The van der Waals surface area contributed by atoms with Gasteiger partial charge in [0.05, 0.1) is 17.1 Å². The lowest BCUT2D eigenvalue weighted by Gasteiger charge is -2.30. The fraction of sp³-hybridized carbons (Fsp3) is 0.393. The Morgan fingerprint density at radius 3 is 2.64 bits per heavy atom. The number of halogens is 2. The van der Waals surface area contributed by atoms with Crippen LogP contribution in [0.15, 0.2) is 36.4 Å². The average molecular weight is 599 g/mol. The lowest BCUT2D eigenvalue weighted by atomic mass is 10.1. The number of nitrogens with two attached hydrogens (primary N) is 2. The normalized spacial score (nSPS) is 16.7. The quantitative estimate of drug-likeness (QED) is 0.294. The Morgan fingerprint density at radius 2 is 1.93 bits per heavy atom. The molecule has 12 nitrogen and oxygen atoms in total. The van der Waals surface area contributed by atoms with Gasteiger partial charge in [0, 0.05) is 48.4 Å². The Kier molecular flexibility index (Phi) is 8.59. The molecule has 1 aliphatic carbocycles. The van der Waals surface area contributed by atoms with Gasteiger partial charge in [-0.05, 0) is 49.9 Å². The van der Waals surface area contributed by atoms with Gasteiger partial charge in [-0.25, -0.2) is 9.18 Å². The molecule has 2 fully saturated rings. The number of piperidine rings is 1. The minimum atomic E-state index is -0.789. The first-order valence-corrected chi connectivity index (χ1v) is 14.1. The number of benzene rings is 2. The molecule has 2 aliphatic rings. The predicted octanol–water partition coefficient (Wildman–Crippen LogP) is 2.19. The Hall–Kier alpha value is -4.23. The fourth-order valence-corrected chi connectivity index (χ4v) is 5.27. The van der Waals surface area contributed by atoms with Gasteiger partial charge in [-0.2, -0.15) is 5.10 Å². The van der Waals surface area contributed by atoms with Crippen molar-refractivity contribution in [2.24, 2.45) is 11.5 Å². The van der Waals surface area contributed by atoms with Crippen molar-refractivity contribution < 1.29 is 23.6 Å². The number of anilines is 1. The second kappa shape index (κ2) is 12.3. The molecule has 6 N–H and O–H groups in total. The number of nitrogens with one attached hydrogen (secondary N) is 2. The zero-order valence-corrected chi connectivity index (χ0v) is 23.6. The van der Waals surface area contributed by atoms with Crippen LogP contribution in [-0.4, -0.2) is 75.1 Å². The van der Waals surface area contributed by atoms with Crippen molar-refractivity contribution in [3.8, 4) is 0 Å². The number of carbonyl (C=O) groups is 4. The fourth-order valence-electron chi connectivity index (χ4n) is 5.07. The Labute approximate surface area is 246 Å². The molecule has 222 valence electrons. The highest BCUT2D eigenvalue weighted by Gasteiger charge is 2.34. The number of fused-ring (bicyclic) bond motifs is 1. The van der Waals surface area contributed by atoms with E-state index in [1.807, 2.05) is 0 Å². The average Bonchev–Trinajstić information content (AvgIpc) is 3.74. The molecule has 5 amide bonds. The number of urea groups is 1. The van der Waals surface area contributed by atoms with Crippen LogP contribution in [0.4, 0.5) is 14.9 Å². The molecule has 0 bridgehead atoms. The highest BCUT2D eigenvalue weighted by Crippen LogP contribution is 2.28. The summed E-state index contributed by atoms with van der Waals surface area (Å²) in [6, 6.07) is 8.93. The highest BCUT2D eigenvalue weighted by molar-refractivity contribution is 6.30. The van der Waals surface area contributed by atoms with Crippen molar-refractivity contribution in [3.05, 3.63) is 58.5 Å². The first kappa shape index (κ1) is 29.3. The van der Waals surface area contributed by atoms with E-state index in [2.05, 4.69) is 15.7 Å². The summed E-state index contributed by atoms with van der Waals surface area (Å²) in [5.74, 6) is -2.22. The van der Waals surface area contributed by atoms with E-state index >= 15 is 0 Å². The molecule has 1 saturated heterocycles. The lowest BCUT2D eigenvalue weighted by Crippen LogP contribution is -2.47. The summed E-state index contributed by atoms with van der Waals surface area (Å²) in [5, 5.41) is 10.1. The van der Waals surface area contributed by atoms with Crippen LogP contribution in [0.1, 0.15) is 41.7 Å². The molecule has 14 heteroatoms. The van der Waals surface area contributed by atoms with Crippen LogP contribution >= 0.6 is 11.6 Å². The van der Waals surface area contributed by atoms with Crippen LogP contribution in [0.25, 0.3) is 10.9 Å². The van der Waals surface area contributed by atoms with Crippen molar-refractivity contribution in [1.29, 1.82) is 0 Å². The summed E-state index contributed by atoms with van der Waals surface area (Å²) in [6.07, 6.45) is 3.18. The van der Waals surface area contributed by atoms with Crippen LogP contribution in [0, 0.1) is 5.82 Å². The van der Waals surface area contributed by atoms with Gasteiger partial charge in [0.15, 0.2) is 5.69 Å². The lowest BCUT2D eigenvalue weighted by molar-refractivity contribution is -0.137. The summed E-state index contributed by atoms with van der Waals surface area (Å²) in [5.41, 5.74) is 12.7. The number of nitrogens with zero attached hydrogens (tertiary/aromatic N) is 4. The molecule has 42 heavy (non-hydrogen) atoms. The first-order valence-electron chi connectivity index (χ1n) is 13.7. The van der Waals surface area contributed by atoms with Gasteiger partial charge in [0.1, 0.15) is 12.4 Å². The summed E-state index contributed by atoms with van der Waals surface area (Å²) in [4.78, 5) is 54.1. The SMILES string of the molecule is NC(=O)c1nn(CC(=O)N(CC(=O)NCc2cccc(Cl)c2F)C2CC2)c2ccc(NC(=O)N3CCCC(N)C3)cc12. The molecule has 1 aliphatic heterocycles. The van der Waals surface area contributed by atoms with Crippen LogP contribution < -0.4 is 22.1 Å². The molecular weight excluding hydrogens is 567 g/mol. The topological polar surface area (TPSA) is 169 Å². The molecule has 2 aromatic carbocycles. The van der Waals surface area contributed by atoms with Gasteiger partial charge in [-0.3, -0.25) is 19.1 Å². The maximum atomic E-state index is 14.2. The maximum absolute atomic E-state index is 14.2. The molecular formula is C28H32ClFN8O4. The Bertz CT molecular complexity index is 1540. The number of hydrogen-bond acceptors (Lipinski definition) is 6. The summed E-state index contributed by atoms with van der Waals surface area (Å²) in [6.45, 7) is 0.514. The molecule has 0 spiro atoms. The van der Waals surface area contributed by atoms with Crippen molar-refractivity contribution in [2.45, 2.75) is 50.9 Å². The second-order valence-corrected chi connectivity index (χ2v) is 11.0. The number of aromatic nitrogens is 2. The minimum absolute atomic E-state index is 0.0421. The third-order valence-electron chi connectivity index (χ3n) is 7.39. The number of amides is 5. The molecule has 5 rings (SSSR count). The van der Waals surface area contributed by atoms with E-state index in [0.717, 1.165) is 25.7 Å². The van der Waals surface area contributed by atoms with Crippen molar-refractivity contribution in [3.63, 3.8) is 0 Å². The van der Waals surface area contributed by atoms with E-state index in [1.54, 1.807) is 29.2 Å². The zero-order valence-electron chi connectivity index (χ0n) is 22.8. The summed E-state index contributed by atoms with van der Waals surface area (Å²) < 4.78 is 15.5.